The van der Waals surface area contributed by atoms with E-state index in [1.54, 1.807) is 11.3 Å². The molecule has 0 saturated heterocycles. The Morgan fingerprint density at radius 1 is 1.19 bits per heavy atom. The zero-order valence-corrected chi connectivity index (χ0v) is 9.37. The molecule has 1 aromatic heterocycles. The number of thiophene rings is 1. The molecule has 0 amide bonds. The lowest BCUT2D eigenvalue weighted by atomic mass is 10.0. The monoisotopic (exact) mass is 233 g/mol. The molecule has 2 aromatic rings. The van der Waals surface area contributed by atoms with Crippen LogP contribution in [0.25, 0.3) is 0 Å². The standard InChI is InChI=1S/C12H11NO2S/c13-11(10-5-2-6-16-10)8-3-1-4-9-12(8)15-7-14-9/h1-6,11H,7,13H2/t11-/m0/s1. The molecule has 4 heteroatoms. The fourth-order valence-electron chi connectivity index (χ4n) is 1.82. The largest absolute Gasteiger partial charge is 0.454 e. The third-order valence-electron chi connectivity index (χ3n) is 2.61. The average Bonchev–Trinajstić information content (AvgIpc) is 2.98. The number of hydrogen-bond acceptors (Lipinski definition) is 4. The van der Waals surface area contributed by atoms with Crippen LogP contribution < -0.4 is 15.2 Å². The number of nitrogens with two attached hydrogens (primary N) is 1. The summed E-state index contributed by atoms with van der Waals surface area (Å²) in [6.07, 6.45) is 0. The van der Waals surface area contributed by atoms with Gasteiger partial charge in [-0.3, -0.25) is 0 Å². The molecule has 2 heterocycles. The van der Waals surface area contributed by atoms with Crippen molar-refractivity contribution in [1.29, 1.82) is 0 Å². The van der Waals surface area contributed by atoms with Crippen molar-refractivity contribution in [1.82, 2.24) is 0 Å². The van der Waals surface area contributed by atoms with Gasteiger partial charge in [-0.25, -0.2) is 0 Å². The molecule has 1 aliphatic rings. The van der Waals surface area contributed by atoms with Crippen molar-refractivity contribution in [3.8, 4) is 11.5 Å². The minimum absolute atomic E-state index is 0.142. The van der Waals surface area contributed by atoms with Gasteiger partial charge < -0.3 is 15.2 Å². The molecular weight excluding hydrogens is 222 g/mol. The van der Waals surface area contributed by atoms with Crippen molar-refractivity contribution in [2.24, 2.45) is 5.73 Å². The smallest absolute Gasteiger partial charge is 0.231 e. The Morgan fingerprint density at radius 3 is 2.94 bits per heavy atom. The molecule has 1 atom stereocenters. The summed E-state index contributed by atoms with van der Waals surface area (Å²) >= 11 is 1.65. The SMILES string of the molecule is N[C@H](c1cccs1)c1cccc2c1OCO2. The molecule has 1 aromatic carbocycles. The predicted molar refractivity (Wildman–Crippen MR) is 62.9 cm³/mol. The molecule has 0 saturated carbocycles. The fraction of sp³-hybridized carbons (Fsp3) is 0.167. The predicted octanol–water partition coefficient (Wildman–Crippen LogP) is 2.52. The molecule has 16 heavy (non-hydrogen) atoms. The summed E-state index contributed by atoms with van der Waals surface area (Å²) in [4.78, 5) is 1.13. The summed E-state index contributed by atoms with van der Waals surface area (Å²) < 4.78 is 10.8. The van der Waals surface area contributed by atoms with Crippen LogP contribution in [0.1, 0.15) is 16.5 Å². The summed E-state index contributed by atoms with van der Waals surface area (Å²) in [6, 6.07) is 9.71. The van der Waals surface area contributed by atoms with E-state index in [0.29, 0.717) is 0 Å². The second-order valence-corrected chi connectivity index (χ2v) is 4.55. The van der Waals surface area contributed by atoms with Crippen molar-refractivity contribution in [2.45, 2.75) is 6.04 Å². The van der Waals surface area contributed by atoms with Gasteiger partial charge in [-0.2, -0.15) is 0 Å². The normalized spacial score (nSPS) is 15.1. The topological polar surface area (TPSA) is 44.5 Å². The number of fused-ring (bicyclic) bond motifs is 1. The van der Waals surface area contributed by atoms with Gasteiger partial charge in [-0.1, -0.05) is 18.2 Å². The maximum Gasteiger partial charge on any atom is 0.231 e. The van der Waals surface area contributed by atoms with E-state index in [1.807, 2.05) is 35.7 Å². The molecule has 0 fully saturated rings. The van der Waals surface area contributed by atoms with E-state index in [1.165, 1.54) is 0 Å². The van der Waals surface area contributed by atoms with E-state index in [-0.39, 0.29) is 12.8 Å². The van der Waals surface area contributed by atoms with Crippen LogP contribution in [-0.4, -0.2) is 6.79 Å². The lowest BCUT2D eigenvalue weighted by Crippen LogP contribution is -2.11. The van der Waals surface area contributed by atoms with Crippen molar-refractivity contribution in [2.75, 3.05) is 6.79 Å². The molecular formula is C12H11NO2S. The van der Waals surface area contributed by atoms with Crippen LogP contribution in [-0.2, 0) is 0 Å². The first-order chi connectivity index (χ1) is 7.86. The van der Waals surface area contributed by atoms with E-state index < -0.39 is 0 Å². The van der Waals surface area contributed by atoms with Gasteiger partial charge in [0.1, 0.15) is 0 Å². The summed E-state index contributed by atoms with van der Waals surface area (Å²) in [5.74, 6) is 1.56. The molecule has 1 aliphatic heterocycles. The Morgan fingerprint density at radius 2 is 2.12 bits per heavy atom. The molecule has 3 nitrogen and oxygen atoms in total. The Labute approximate surface area is 97.4 Å². The van der Waals surface area contributed by atoms with E-state index in [9.17, 15) is 0 Å². The molecule has 0 spiro atoms. The van der Waals surface area contributed by atoms with Crippen LogP contribution in [0.2, 0.25) is 0 Å². The van der Waals surface area contributed by atoms with E-state index in [2.05, 4.69) is 0 Å². The Kier molecular flexibility index (Phi) is 2.31. The molecule has 2 N–H and O–H groups in total. The van der Waals surface area contributed by atoms with Crippen LogP contribution in [0.4, 0.5) is 0 Å². The highest BCUT2D eigenvalue weighted by molar-refractivity contribution is 7.10. The third kappa shape index (κ3) is 1.47. The maximum atomic E-state index is 6.21. The summed E-state index contributed by atoms with van der Waals surface area (Å²) in [7, 11) is 0. The van der Waals surface area contributed by atoms with E-state index in [0.717, 1.165) is 21.9 Å². The van der Waals surface area contributed by atoms with Gasteiger partial charge in [0.15, 0.2) is 11.5 Å². The summed E-state index contributed by atoms with van der Waals surface area (Å²) in [5, 5.41) is 2.02. The molecule has 0 unspecified atom stereocenters. The van der Waals surface area contributed by atoms with Crippen molar-refractivity contribution >= 4 is 11.3 Å². The molecule has 0 bridgehead atoms. The Bertz CT molecular complexity index is 496. The van der Waals surface area contributed by atoms with Crippen molar-refractivity contribution in [3.05, 3.63) is 46.2 Å². The first kappa shape index (κ1) is 9.69. The highest BCUT2D eigenvalue weighted by Gasteiger charge is 2.22. The van der Waals surface area contributed by atoms with Crippen LogP contribution in [0.5, 0.6) is 11.5 Å². The van der Waals surface area contributed by atoms with Gasteiger partial charge in [0, 0.05) is 10.4 Å². The average molecular weight is 233 g/mol. The number of benzene rings is 1. The number of hydrogen-bond donors (Lipinski definition) is 1. The highest BCUT2D eigenvalue weighted by atomic mass is 32.1. The number of ether oxygens (including phenoxy) is 2. The minimum Gasteiger partial charge on any atom is -0.454 e. The van der Waals surface area contributed by atoms with Gasteiger partial charge in [0.2, 0.25) is 6.79 Å². The lowest BCUT2D eigenvalue weighted by molar-refractivity contribution is 0.173. The van der Waals surface area contributed by atoms with Crippen molar-refractivity contribution in [3.63, 3.8) is 0 Å². The van der Waals surface area contributed by atoms with Crippen molar-refractivity contribution < 1.29 is 9.47 Å². The second-order valence-electron chi connectivity index (χ2n) is 3.57. The van der Waals surface area contributed by atoms with Gasteiger partial charge in [-0.05, 0) is 17.5 Å². The minimum atomic E-state index is -0.142. The van der Waals surface area contributed by atoms with Gasteiger partial charge in [-0.15, -0.1) is 11.3 Å². The van der Waals surface area contributed by atoms with Crippen LogP contribution in [0.15, 0.2) is 35.7 Å². The van der Waals surface area contributed by atoms with Gasteiger partial charge >= 0.3 is 0 Å². The molecule has 82 valence electrons. The fourth-order valence-corrected chi connectivity index (χ4v) is 2.56. The zero-order valence-electron chi connectivity index (χ0n) is 8.55. The number of rotatable bonds is 2. The summed E-state index contributed by atoms with van der Waals surface area (Å²) in [5.41, 5.74) is 7.19. The zero-order chi connectivity index (χ0) is 11.0. The third-order valence-corrected chi connectivity index (χ3v) is 3.57. The van der Waals surface area contributed by atoms with Crippen LogP contribution in [0.3, 0.4) is 0 Å². The maximum absolute atomic E-state index is 6.21. The number of para-hydroxylation sites is 1. The van der Waals surface area contributed by atoms with Gasteiger partial charge in [0.25, 0.3) is 0 Å². The molecule has 3 rings (SSSR count). The Hall–Kier alpha value is -1.52. The quantitative estimate of drug-likeness (QED) is 0.866. The Balaban J connectivity index is 2.04. The summed E-state index contributed by atoms with van der Waals surface area (Å²) in [6.45, 7) is 0.281. The van der Waals surface area contributed by atoms with Crippen LogP contribution in [0, 0.1) is 0 Å². The first-order valence-electron chi connectivity index (χ1n) is 5.04. The van der Waals surface area contributed by atoms with Crippen LogP contribution >= 0.6 is 11.3 Å². The van der Waals surface area contributed by atoms with Gasteiger partial charge in [0.05, 0.1) is 6.04 Å². The lowest BCUT2D eigenvalue weighted by Gasteiger charge is -2.12. The van der Waals surface area contributed by atoms with E-state index >= 15 is 0 Å². The first-order valence-corrected chi connectivity index (χ1v) is 5.92. The molecule has 0 radical (unpaired) electrons. The van der Waals surface area contributed by atoms with E-state index in [4.69, 9.17) is 15.2 Å². The second kappa shape index (κ2) is 3.81. The molecule has 0 aliphatic carbocycles. The highest BCUT2D eigenvalue weighted by Crippen LogP contribution is 2.40.